The molecule has 0 spiro atoms. The Labute approximate surface area is 131 Å². The number of carbonyl (C=O) groups is 1. The van der Waals surface area contributed by atoms with Crippen LogP contribution in [-0.2, 0) is 10.0 Å². The predicted molar refractivity (Wildman–Crippen MR) is 86.0 cm³/mol. The molecule has 122 valence electrons. The Kier molecular flexibility index (Phi) is 4.95. The van der Waals surface area contributed by atoms with Crippen LogP contribution in [0.3, 0.4) is 0 Å². The van der Waals surface area contributed by atoms with E-state index in [1.54, 1.807) is 18.2 Å². The summed E-state index contributed by atoms with van der Waals surface area (Å²) in [5.41, 5.74) is 0.780. The van der Waals surface area contributed by atoms with Crippen molar-refractivity contribution < 1.29 is 17.9 Å². The zero-order chi connectivity index (χ0) is 16.3. The van der Waals surface area contributed by atoms with Crippen molar-refractivity contribution in [1.29, 1.82) is 0 Å². The lowest BCUT2D eigenvalue weighted by Gasteiger charge is -2.19. The van der Waals surface area contributed by atoms with Gasteiger partial charge in [-0.15, -0.1) is 0 Å². The average Bonchev–Trinajstić information content (AvgIpc) is 2.97. The number of sulfonamides is 1. The van der Waals surface area contributed by atoms with Crippen LogP contribution in [0.4, 0.5) is 5.69 Å². The molecule has 0 radical (unpaired) electrons. The van der Waals surface area contributed by atoms with E-state index < -0.39 is 10.0 Å². The second-order valence-electron chi connectivity index (χ2n) is 5.57. The molecule has 1 aromatic carbocycles. The van der Waals surface area contributed by atoms with Gasteiger partial charge in [-0.2, -0.15) is 0 Å². The number of hydrogen-bond acceptors (Lipinski definition) is 4. The molecule has 1 amide bonds. The number of nitrogens with zero attached hydrogens (tertiary/aromatic N) is 1. The van der Waals surface area contributed by atoms with Gasteiger partial charge >= 0.3 is 0 Å². The summed E-state index contributed by atoms with van der Waals surface area (Å²) in [4.78, 5) is 12.4. The van der Waals surface area contributed by atoms with E-state index in [4.69, 9.17) is 4.74 Å². The molecule has 1 aliphatic carbocycles. The molecule has 0 bridgehead atoms. The van der Waals surface area contributed by atoms with Crippen molar-refractivity contribution in [3.05, 3.63) is 23.8 Å². The van der Waals surface area contributed by atoms with E-state index in [9.17, 15) is 13.2 Å². The van der Waals surface area contributed by atoms with Gasteiger partial charge in [0.05, 0.1) is 24.6 Å². The molecular weight excluding hydrogens is 304 g/mol. The first-order valence-electron chi connectivity index (χ1n) is 7.25. The summed E-state index contributed by atoms with van der Waals surface area (Å²) in [5.74, 6) is 0.202. The van der Waals surface area contributed by atoms with E-state index in [2.05, 4.69) is 5.32 Å². The van der Waals surface area contributed by atoms with Crippen LogP contribution in [0.5, 0.6) is 5.75 Å². The fourth-order valence-electron chi connectivity index (χ4n) is 2.59. The van der Waals surface area contributed by atoms with Crippen molar-refractivity contribution in [3.8, 4) is 5.75 Å². The Bertz CT molecular complexity index is 652. The first-order chi connectivity index (χ1) is 10.3. The van der Waals surface area contributed by atoms with Gasteiger partial charge in [0.1, 0.15) is 5.75 Å². The van der Waals surface area contributed by atoms with Gasteiger partial charge in [-0.05, 0) is 31.0 Å². The number of benzene rings is 1. The van der Waals surface area contributed by atoms with Crippen LogP contribution in [-0.4, -0.2) is 40.8 Å². The van der Waals surface area contributed by atoms with Crippen molar-refractivity contribution in [1.82, 2.24) is 5.32 Å². The van der Waals surface area contributed by atoms with E-state index in [0.717, 1.165) is 36.2 Å². The maximum absolute atomic E-state index is 12.4. The number of amides is 1. The number of methoxy groups -OCH3 is 1. The lowest BCUT2D eigenvalue weighted by molar-refractivity contribution is 0.0935. The second-order valence-corrected chi connectivity index (χ2v) is 7.58. The van der Waals surface area contributed by atoms with Crippen molar-refractivity contribution in [3.63, 3.8) is 0 Å². The summed E-state index contributed by atoms with van der Waals surface area (Å²) < 4.78 is 29.6. The predicted octanol–water partition coefficient (Wildman–Crippen LogP) is 1.76. The molecule has 1 aliphatic rings. The van der Waals surface area contributed by atoms with Crippen LogP contribution in [0.25, 0.3) is 0 Å². The van der Waals surface area contributed by atoms with Gasteiger partial charge in [-0.1, -0.05) is 12.8 Å². The molecular formula is C15H22N2O4S. The molecule has 1 fully saturated rings. The zero-order valence-corrected chi connectivity index (χ0v) is 13.9. The van der Waals surface area contributed by atoms with Gasteiger partial charge in [0.15, 0.2) is 0 Å². The second kappa shape index (κ2) is 6.56. The quantitative estimate of drug-likeness (QED) is 0.894. The SMILES string of the molecule is COc1ccc(N(C)S(C)(=O)=O)cc1C(=O)NC1CCCC1. The monoisotopic (exact) mass is 326 g/mol. The molecule has 1 aromatic rings. The summed E-state index contributed by atoms with van der Waals surface area (Å²) in [6, 6.07) is 4.96. The van der Waals surface area contributed by atoms with Gasteiger partial charge in [0.25, 0.3) is 5.91 Å². The van der Waals surface area contributed by atoms with E-state index >= 15 is 0 Å². The standard InChI is InChI=1S/C15H22N2O4S/c1-17(22(3,19)20)12-8-9-14(21-2)13(10-12)15(18)16-11-6-4-5-7-11/h8-11H,4-7H2,1-3H3,(H,16,18). The number of anilines is 1. The first-order valence-corrected chi connectivity index (χ1v) is 9.10. The highest BCUT2D eigenvalue weighted by Crippen LogP contribution is 2.26. The summed E-state index contributed by atoms with van der Waals surface area (Å²) in [6.07, 6.45) is 5.33. The highest BCUT2D eigenvalue weighted by atomic mass is 32.2. The van der Waals surface area contributed by atoms with Crippen molar-refractivity contribution in [2.45, 2.75) is 31.7 Å². The lowest BCUT2D eigenvalue weighted by Crippen LogP contribution is -2.33. The van der Waals surface area contributed by atoms with E-state index in [0.29, 0.717) is 17.0 Å². The minimum absolute atomic E-state index is 0.188. The van der Waals surface area contributed by atoms with Gasteiger partial charge < -0.3 is 10.1 Å². The molecule has 0 atom stereocenters. The van der Waals surface area contributed by atoms with Crippen LogP contribution in [0.2, 0.25) is 0 Å². The highest BCUT2D eigenvalue weighted by molar-refractivity contribution is 7.92. The van der Waals surface area contributed by atoms with Crippen molar-refractivity contribution in [2.75, 3.05) is 24.7 Å². The van der Waals surface area contributed by atoms with Crippen LogP contribution in [0.1, 0.15) is 36.0 Å². The topological polar surface area (TPSA) is 75.7 Å². The fourth-order valence-corrected chi connectivity index (χ4v) is 3.09. The molecule has 1 N–H and O–H groups in total. The van der Waals surface area contributed by atoms with Crippen LogP contribution in [0, 0.1) is 0 Å². The van der Waals surface area contributed by atoms with E-state index in [1.807, 2.05) is 0 Å². The van der Waals surface area contributed by atoms with Crippen molar-refractivity contribution in [2.24, 2.45) is 0 Å². The number of rotatable bonds is 5. The van der Waals surface area contributed by atoms with Gasteiger partial charge in [-0.25, -0.2) is 8.42 Å². The summed E-state index contributed by atoms with van der Waals surface area (Å²) in [7, 11) is -0.438. The minimum Gasteiger partial charge on any atom is -0.496 e. The largest absolute Gasteiger partial charge is 0.496 e. The summed E-state index contributed by atoms with van der Waals surface area (Å²) in [6.45, 7) is 0. The summed E-state index contributed by atoms with van der Waals surface area (Å²) >= 11 is 0. The number of hydrogen-bond donors (Lipinski definition) is 1. The van der Waals surface area contributed by atoms with Gasteiger partial charge in [0, 0.05) is 13.1 Å². The third-order valence-electron chi connectivity index (χ3n) is 3.98. The Morgan fingerprint density at radius 1 is 1.32 bits per heavy atom. The van der Waals surface area contributed by atoms with Crippen LogP contribution in [0.15, 0.2) is 18.2 Å². The Balaban J connectivity index is 2.29. The molecule has 0 aliphatic heterocycles. The van der Waals surface area contributed by atoms with Gasteiger partial charge in [-0.3, -0.25) is 9.10 Å². The normalized spacial score (nSPS) is 15.6. The van der Waals surface area contributed by atoms with Crippen LogP contribution >= 0.6 is 0 Å². The lowest BCUT2D eigenvalue weighted by atomic mass is 10.1. The maximum atomic E-state index is 12.4. The average molecular weight is 326 g/mol. The molecule has 22 heavy (non-hydrogen) atoms. The summed E-state index contributed by atoms with van der Waals surface area (Å²) in [5, 5.41) is 2.99. The highest BCUT2D eigenvalue weighted by Gasteiger charge is 2.22. The molecule has 6 nitrogen and oxygen atoms in total. The van der Waals surface area contributed by atoms with E-state index in [-0.39, 0.29) is 11.9 Å². The third-order valence-corrected chi connectivity index (χ3v) is 5.18. The number of ether oxygens (including phenoxy) is 1. The molecule has 0 aromatic heterocycles. The first kappa shape index (κ1) is 16.6. The Morgan fingerprint density at radius 3 is 2.50 bits per heavy atom. The molecule has 0 saturated heterocycles. The Morgan fingerprint density at radius 2 is 1.95 bits per heavy atom. The van der Waals surface area contributed by atoms with Crippen LogP contribution < -0.4 is 14.4 Å². The molecule has 0 unspecified atom stereocenters. The molecule has 0 heterocycles. The number of nitrogens with one attached hydrogen (secondary N) is 1. The zero-order valence-electron chi connectivity index (χ0n) is 13.1. The van der Waals surface area contributed by atoms with Crippen molar-refractivity contribution >= 4 is 21.6 Å². The molecule has 1 saturated carbocycles. The van der Waals surface area contributed by atoms with E-state index in [1.165, 1.54) is 14.2 Å². The molecule has 2 rings (SSSR count). The third kappa shape index (κ3) is 3.71. The van der Waals surface area contributed by atoms with Gasteiger partial charge in [0.2, 0.25) is 10.0 Å². The minimum atomic E-state index is -3.38. The number of carbonyl (C=O) groups excluding carboxylic acids is 1. The Hall–Kier alpha value is -1.76. The fraction of sp³-hybridized carbons (Fsp3) is 0.533. The molecule has 7 heteroatoms. The smallest absolute Gasteiger partial charge is 0.255 e. The maximum Gasteiger partial charge on any atom is 0.255 e.